The van der Waals surface area contributed by atoms with Crippen molar-refractivity contribution in [2.24, 2.45) is 0 Å². The fourth-order valence-electron chi connectivity index (χ4n) is 0. The third-order valence-electron chi connectivity index (χ3n) is 0. The van der Waals surface area contributed by atoms with Gasteiger partial charge in [-0.05, 0) is 0 Å². The molecule has 40 valence electrons. The summed E-state index contributed by atoms with van der Waals surface area (Å²) in [6.45, 7) is 0. The maximum Gasteiger partial charge on any atom is 6.00 e. The summed E-state index contributed by atoms with van der Waals surface area (Å²) in [5, 5.41) is 0. The number of halogens is 4. The maximum atomic E-state index is 0. The molecule has 0 aromatic carbocycles. The summed E-state index contributed by atoms with van der Waals surface area (Å²) in [6.07, 6.45) is 0. The van der Waals surface area contributed by atoms with Gasteiger partial charge in [-0.2, -0.15) is 0 Å². The fraction of sp³-hybridized carbons (Fsp3) is 0. The number of rotatable bonds is 0. The van der Waals surface area contributed by atoms with E-state index in [1.807, 2.05) is 0 Å². The quantitative estimate of drug-likeness (QED) is 0.384. The molecule has 0 aliphatic rings. The Morgan fingerprint density at radius 3 is 0.500 bits per heavy atom. The Morgan fingerprint density at radius 1 is 0.500 bits per heavy atom. The van der Waals surface area contributed by atoms with E-state index in [4.69, 9.17) is 0 Å². The Kier molecular flexibility index (Phi) is 1300. The molecule has 0 saturated heterocycles. The smallest absolute Gasteiger partial charge is 2.00 e. The van der Waals surface area contributed by atoms with E-state index in [9.17, 15) is 0 Å². The van der Waals surface area contributed by atoms with E-state index in [1.165, 1.54) is 0 Å². The van der Waals surface area contributed by atoms with E-state index < -0.39 is 0 Å². The van der Waals surface area contributed by atoms with E-state index >= 15 is 0 Å². The average Bonchev–Trinajstić information content (AvgIpc) is 0. The zero-order valence-electron chi connectivity index (χ0n) is 2.33. The summed E-state index contributed by atoms with van der Waals surface area (Å²) in [5.41, 5.74) is 0. The van der Waals surface area contributed by atoms with Crippen molar-refractivity contribution >= 4 is 0 Å². The Bertz CT molecular complexity index is 7.51. The summed E-state index contributed by atoms with van der Waals surface area (Å²) < 4.78 is 0. The number of hydrogen-bond donors (Lipinski definition) is 0. The standard InChI is InChI=1S/4ClH.Mo.O/h4*1H;;/q;;;;+6;-2/p-4. The van der Waals surface area contributed by atoms with Crippen LogP contribution in [-0.2, 0) is 26.5 Å². The zero-order chi connectivity index (χ0) is 0. The van der Waals surface area contributed by atoms with Crippen molar-refractivity contribution < 1.29 is 76.2 Å². The van der Waals surface area contributed by atoms with Crippen LogP contribution in [0.1, 0.15) is 0 Å². The molecule has 0 aliphatic carbocycles. The fourth-order valence-corrected chi connectivity index (χ4v) is 0. The molecule has 0 aromatic heterocycles. The minimum absolute atomic E-state index is 0. The minimum atomic E-state index is 0. The Hall–Kier alpha value is 1.81. The second-order valence-electron chi connectivity index (χ2n) is 0. The van der Waals surface area contributed by atoms with Crippen molar-refractivity contribution in [3.05, 3.63) is 0 Å². The summed E-state index contributed by atoms with van der Waals surface area (Å²) in [7, 11) is 0. The summed E-state index contributed by atoms with van der Waals surface area (Å²) in [5.74, 6) is 0. The van der Waals surface area contributed by atoms with Crippen molar-refractivity contribution in [3.8, 4) is 0 Å². The largest absolute Gasteiger partial charge is 6.00 e. The molecule has 0 rings (SSSR count). The topological polar surface area (TPSA) is 28.5 Å². The first-order valence-corrected chi connectivity index (χ1v) is 0. The van der Waals surface area contributed by atoms with Crippen LogP contribution in [0.2, 0.25) is 0 Å². The first kappa shape index (κ1) is 111. The van der Waals surface area contributed by atoms with Gasteiger partial charge in [0.25, 0.3) is 0 Å². The van der Waals surface area contributed by atoms with Crippen LogP contribution in [0.3, 0.4) is 0 Å². The third kappa shape index (κ3) is 41.1. The molecule has 0 N–H and O–H groups in total. The predicted octanol–water partition coefficient (Wildman–Crippen LogP) is -12.1. The van der Waals surface area contributed by atoms with Crippen LogP contribution < -0.4 is 49.6 Å². The maximum absolute atomic E-state index is 0. The minimum Gasteiger partial charge on any atom is -2.00 e. The second-order valence-corrected chi connectivity index (χ2v) is 0. The van der Waals surface area contributed by atoms with Crippen molar-refractivity contribution in [3.63, 3.8) is 0 Å². The van der Waals surface area contributed by atoms with Crippen molar-refractivity contribution in [1.82, 2.24) is 0 Å². The first-order chi connectivity index (χ1) is 0. The molecule has 0 saturated carbocycles. The summed E-state index contributed by atoms with van der Waals surface area (Å²) >= 11 is 0. The molecule has 0 heterocycles. The van der Waals surface area contributed by atoms with Gasteiger partial charge in [0.05, 0.1) is 0 Å². The molecule has 0 aromatic rings. The normalized spacial score (nSPS) is 0. The van der Waals surface area contributed by atoms with Gasteiger partial charge >= 0.3 is 21.1 Å². The van der Waals surface area contributed by atoms with Gasteiger partial charge in [-0.25, -0.2) is 0 Å². The van der Waals surface area contributed by atoms with E-state index in [-0.39, 0.29) is 76.2 Å². The summed E-state index contributed by atoms with van der Waals surface area (Å²) in [6, 6.07) is 0. The first-order valence-electron chi connectivity index (χ1n) is 0. The van der Waals surface area contributed by atoms with Crippen LogP contribution in [0, 0.1) is 0 Å². The Labute approximate surface area is 75.8 Å². The zero-order valence-corrected chi connectivity index (χ0v) is 7.36. The van der Waals surface area contributed by atoms with Gasteiger partial charge in [0, 0.05) is 0 Å². The van der Waals surface area contributed by atoms with E-state index in [0.717, 1.165) is 0 Å². The molecule has 0 radical (unpaired) electrons. The molecular formula is Cl4MoO. The summed E-state index contributed by atoms with van der Waals surface area (Å²) in [4.78, 5) is 0. The van der Waals surface area contributed by atoms with Crippen LogP contribution in [-0.4, -0.2) is 0 Å². The van der Waals surface area contributed by atoms with Gasteiger partial charge in [0.1, 0.15) is 0 Å². The molecule has 0 unspecified atom stereocenters. The average molecular weight is 254 g/mol. The van der Waals surface area contributed by atoms with E-state index in [1.54, 1.807) is 0 Å². The third-order valence-corrected chi connectivity index (χ3v) is 0. The second kappa shape index (κ2) is 70.2. The molecule has 6 heavy (non-hydrogen) atoms. The van der Waals surface area contributed by atoms with Crippen LogP contribution in [0.4, 0.5) is 0 Å². The molecule has 0 aliphatic heterocycles. The molecule has 0 spiro atoms. The SMILES string of the molecule is [Cl-].[Cl-].[Cl-].[Cl-].[Mo+6].[O-2]. The predicted molar refractivity (Wildman–Crippen MR) is 0.686 cm³/mol. The molecule has 0 fully saturated rings. The molecule has 0 amide bonds. The van der Waals surface area contributed by atoms with E-state index in [2.05, 4.69) is 0 Å². The molecule has 0 bridgehead atoms. The molecule has 0 atom stereocenters. The van der Waals surface area contributed by atoms with Gasteiger partial charge in [-0.3, -0.25) is 0 Å². The van der Waals surface area contributed by atoms with Gasteiger partial charge in [0.2, 0.25) is 0 Å². The Balaban J connectivity index is 0. The van der Waals surface area contributed by atoms with Gasteiger partial charge in [0.15, 0.2) is 0 Å². The van der Waals surface area contributed by atoms with E-state index in [0.29, 0.717) is 0 Å². The number of hydrogen-bond acceptors (Lipinski definition) is 0. The van der Waals surface area contributed by atoms with Gasteiger partial charge in [-0.1, -0.05) is 0 Å². The monoisotopic (exact) mass is 254 g/mol. The van der Waals surface area contributed by atoms with Gasteiger partial charge in [-0.15, -0.1) is 0 Å². The van der Waals surface area contributed by atoms with Crippen molar-refractivity contribution in [1.29, 1.82) is 0 Å². The van der Waals surface area contributed by atoms with Crippen LogP contribution >= 0.6 is 0 Å². The van der Waals surface area contributed by atoms with Crippen LogP contribution in [0.25, 0.3) is 0 Å². The molecular weight excluding hydrogens is 254 g/mol. The van der Waals surface area contributed by atoms with Gasteiger partial charge < -0.3 is 55.1 Å². The molecule has 1 nitrogen and oxygen atoms in total. The molecule has 6 heteroatoms. The van der Waals surface area contributed by atoms with Crippen molar-refractivity contribution in [2.75, 3.05) is 0 Å². The van der Waals surface area contributed by atoms with Crippen LogP contribution in [0.15, 0.2) is 0 Å². The Morgan fingerprint density at radius 2 is 0.500 bits per heavy atom. The van der Waals surface area contributed by atoms with Crippen molar-refractivity contribution in [2.45, 2.75) is 0 Å². The van der Waals surface area contributed by atoms with Crippen LogP contribution in [0.5, 0.6) is 0 Å².